The van der Waals surface area contributed by atoms with Crippen LogP contribution in [0, 0.1) is 5.41 Å². The Kier molecular flexibility index (Phi) is 7.09. The molecule has 7 nitrogen and oxygen atoms in total. The third kappa shape index (κ3) is 5.77. The molecular formula is C21H28N4O3. The highest BCUT2D eigenvalue weighted by molar-refractivity contribution is 6.05. The summed E-state index contributed by atoms with van der Waals surface area (Å²) in [5.74, 6) is -1.01. The maximum Gasteiger partial charge on any atom is 0.290 e. The molecule has 1 aromatic heterocycles. The molecule has 0 unspecified atom stereocenters. The molecule has 2 amide bonds. The first-order valence-corrected chi connectivity index (χ1v) is 9.52. The molecular weight excluding hydrogens is 356 g/mol. The van der Waals surface area contributed by atoms with Gasteiger partial charge in [-0.05, 0) is 17.9 Å². The standard InChI is InChI=1S/C21H28N4O3/c1-5-6-9-14-25-20(28)16-11-8-7-10-15(16)18(24-25)19(27)23-22-17(26)12-13-21(2,3)4/h7-8,10-13H,5-6,9,14H2,1-4H3,(H,22,26)(H,23,27). The number of hydrogen-bond donors (Lipinski definition) is 2. The summed E-state index contributed by atoms with van der Waals surface area (Å²) in [4.78, 5) is 37.2. The van der Waals surface area contributed by atoms with Crippen molar-refractivity contribution in [2.75, 3.05) is 0 Å². The van der Waals surface area contributed by atoms with Crippen LogP contribution in [0.5, 0.6) is 0 Å². The lowest BCUT2D eigenvalue weighted by Gasteiger charge is -2.12. The molecule has 0 bridgehead atoms. The number of rotatable bonds is 6. The average Bonchev–Trinajstić information content (AvgIpc) is 2.66. The Hall–Kier alpha value is -2.96. The van der Waals surface area contributed by atoms with Crippen molar-refractivity contribution >= 4 is 22.6 Å². The largest absolute Gasteiger partial charge is 0.290 e. The van der Waals surface area contributed by atoms with Crippen molar-refractivity contribution in [1.82, 2.24) is 20.6 Å². The van der Waals surface area contributed by atoms with Gasteiger partial charge in [-0.15, -0.1) is 0 Å². The van der Waals surface area contributed by atoms with Crippen LogP contribution in [0.2, 0.25) is 0 Å². The Bertz CT molecular complexity index is 939. The zero-order valence-electron chi connectivity index (χ0n) is 16.9. The zero-order valence-corrected chi connectivity index (χ0v) is 16.9. The summed E-state index contributed by atoms with van der Waals surface area (Å²) in [5.41, 5.74) is 4.46. The Labute approximate surface area is 164 Å². The minimum atomic E-state index is -0.571. The number of aromatic nitrogens is 2. The summed E-state index contributed by atoms with van der Waals surface area (Å²) in [7, 11) is 0. The van der Waals surface area contributed by atoms with Gasteiger partial charge in [0.05, 0.1) is 5.39 Å². The maximum atomic E-state index is 12.6. The van der Waals surface area contributed by atoms with Crippen LogP contribution in [-0.2, 0) is 11.3 Å². The fourth-order valence-electron chi connectivity index (χ4n) is 2.61. The molecule has 0 aliphatic rings. The molecule has 0 radical (unpaired) electrons. The Morgan fingerprint density at radius 3 is 2.43 bits per heavy atom. The van der Waals surface area contributed by atoms with Crippen molar-refractivity contribution in [2.24, 2.45) is 5.41 Å². The number of aryl methyl sites for hydroxylation is 1. The monoisotopic (exact) mass is 384 g/mol. The summed E-state index contributed by atoms with van der Waals surface area (Å²) >= 11 is 0. The summed E-state index contributed by atoms with van der Waals surface area (Å²) in [6, 6.07) is 6.85. The number of benzene rings is 1. The first kappa shape index (κ1) is 21.3. The number of allylic oxidation sites excluding steroid dienone is 1. The van der Waals surface area contributed by atoms with E-state index in [1.807, 2.05) is 20.8 Å². The predicted octanol–water partition coefficient (Wildman–Crippen LogP) is 2.95. The second-order valence-electron chi connectivity index (χ2n) is 7.77. The summed E-state index contributed by atoms with van der Waals surface area (Å²) in [5, 5.41) is 5.14. The quantitative estimate of drug-likeness (QED) is 0.455. The van der Waals surface area contributed by atoms with Crippen molar-refractivity contribution in [3.05, 3.63) is 52.5 Å². The third-order valence-corrected chi connectivity index (χ3v) is 4.09. The molecule has 0 saturated carbocycles. The van der Waals surface area contributed by atoms with Crippen molar-refractivity contribution < 1.29 is 9.59 Å². The number of nitrogens with one attached hydrogen (secondary N) is 2. The molecule has 0 saturated heterocycles. The smallest absolute Gasteiger partial charge is 0.268 e. The number of hydrazine groups is 1. The summed E-state index contributed by atoms with van der Waals surface area (Å²) < 4.78 is 1.33. The van der Waals surface area contributed by atoms with Crippen LogP contribution in [0.25, 0.3) is 10.8 Å². The van der Waals surface area contributed by atoms with Crippen LogP contribution < -0.4 is 16.4 Å². The highest BCUT2D eigenvalue weighted by Crippen LogP contribution is 2.14. The summed E-state index contributed by atoms with van der Waals surface area (Å²) in [6.45, 7) is 8.41. The van der Waals surface area contributed by atoms with E-state index in [4.69, 9.17) is 0 Å². The molecule has 7 heteroatoms. The first-order valence-electron chi connectivity index (χ1n) is 9.52. The van der Waals surface area contributed by atoms with Crippen LogP contribution in [0.1, 0.15) is 57.4 Å². The first-order chi connectivity index (χ1) is 13.2. The highest BCUT2D eigenvalue weighted by atomic mass is 16.2. The maximum absolute atomic E-state index is 12.6. The van der Waals surface area contributed by atoms with E-state index in [2.05, 4.69) is 22.9 Å². The zero-order chi connectivity index (χ0) is 20.7. The SMILES string of the molecule is CCCCCn1nc(C(=O)NNC(=O)C=CC(C)(C)C)c2ccccc2c1=O. The topological polar surface area (TPSA) is 93.1 Å². The normalized spacial score (nSPS) is 11.7. The van der Waals surface area contributed by atoms with Gasteiger partial charge in [-0.25, -0.2) is 4.68 Å². The van der Waals surface area contributed by atoms with E-state index in [1.165, 1.54) is 10.8 Å². The van der Waals surface area contributed by atoms with Gasteiger partial charge in [0, 0.05) is 18.0 Å². The molecule has 0 aliphatic heterocycles. The molecule has 0 fully saturated rings. The molecule has 2 rings (SSSR count). The third-order valence-electron chi connectivity index (χ3n) is 4.09. The van der Waals surface area contributed by atoms with Crippen LogP contribution in [0.4, 0.5) is 0 Å². The van der Waals surface area contributed by atoms with E-state index in [1.54, 1.807) is 30.3 Å². The number of amides is 2. The number of carbonyl (C=O) groups is 2. The van der Waals surface area contributed by atoms with Gasteiger partial charge in [-0.3, -0.25) is 25.2 Å². The van der Waals surface area contributed by atoms with E-state index in [0.29, 0.717) is 17.3 Å². The number of hydrogen-bond acceptors (Lipinski definition) is 4. The number of fused-ring (bicyclic) bond motifs is 1. The Morgan fingerprint density at radius 1 is 1.11 bits per heavy atom. The van der Waals surface area contributed by atoms with E-state index in [0.717, 1.165) is 19.3 Å². The van der Waals surface area contributed by atoms with Crippen LogP contribution in [0.3, 0.4) is 0 Å². The van der Waals surface area contributed by atoms with Gasteiger partial charge in [-0.2, -0.15) is 5.10 Å². The van der Waals surface area contributed by atoms with E-state index in [9.17, 15) is 14.4 Å². The van der Waals surface area contributed by atoms with Gasteiger partial charge in [0.1, 0.15) is 0 Å². The fourth-order valence-corrected chi connectivity index (χ4v) is 2.61. The highest BCUT2D eigenvalue weighted by Gasteiger charge is 2.17. The van der Waals surface area contributed by atoms with Crippen LogP contribution in [0.15, 0.2) is 41.2 Å². The molecule has 0 aliphatic carbocycles. The van der Waals surface area contributed by atoms with Gasteiger partial charge in [-0.1, -0.05) is 64.8 Å². The van der Waals surface area contributed by atoms with E-state index in [-0.39, 0.29) is 16.7 Å². The minimum absolute atomic E-state index is 0.104. The number of unbranched alkanes of at least 4 members (excludes halogenated alkanes) is 2. The molecule has 0 atom stereocenters. The second kappa shape index (κ2) is 9.30. The molecule has 1 aromatic carbocycles. The number of carbonyl (C=O) groups excluding carboxylic acids is 2. The van der Waals surface area contributed by atoms with Gasteiger partial charge in [0.15, 0.2) is 5.69 Å². The average molecular weight is 384 g/mol. The van der Waals surface area contributed by atoms with Crippen LogP contribution in [-0.4, -0.2) is 21.6 Å². The van der Waals surface area contributed by atoms with Gasteiger partial charge in [0.25, 0.3) is 17.4 Å². The molecule has 2 N–H and O–H groups in total. The lowest BCUT2D eigenvalue weighted by molar-refractivity contribution is -0.117. The van der Waals surface area contributed by atoms with Gasteiger partial charge < -0.3 is 0 Å². The molecule has 1 heterocycles. The Balaban J connectivity index is 2.25. The van der Waals surface area contributed by atoms with E-state index < -0.39 is 11.8 Å². The lowest BCUT2D eigenvalue weighted by atomic mass is 9.96. The molecule has 150 valence electrons. The lowest BCUT2D eigenvalue weighted by Crippen LogP contribution is -2.42. The predicted molar refractivity (Wildman–Crippen MR) is 110 cm³/mol. The molecule has 28 heavy (non-hydrogen) atoms. The molecule has 0 spiro atoms. The second-order valence-corrected chi connectivity index (χ2v) is 7.77. The fraction of sp³-hybridized carbons (Fsp3) is 0.429. The number of nitrogens with zero attached hydrogens (tertiary/aromatic N) is 2. The minimum Gasteiger partial charge on any atom is -0.268 e. The summed E-state index contributed by atoms with van der Waals surface area (Å²) in [6.07, 6.45) is 5.91. The Morgan fingerprint density at radius 2 is 1.79 bits per heavy atom. The van der Waals surface area contributed by atoms with Crippen LogP contribution >= 0.6 is 0 Å². The van der Waals surface area contributed by atoms with Gasteiger partial charge in [0.2, 0.25) is 0 Å². The van der Waals surface area contributed by atoms with Crippen molar-refractivity contribution in [3.8, 4) is 0 Å². The van der Waals surface area contributed by atoms with Crippen molar-refractivity contribution in [1.29, 1.82) is 0 Å². The van der Waals surface area contributed by atoms with E-state index >= 15 is 0 Å². The van der Waals surface area contributed by atoms with Crippen molar-refractivity contribution in [3.63, 3.8) is 0 Å². The van der Waals surface area contributed by atoms with Crippen molar-refractivity contribution in [2.45, 2.75) is 53.5 Å². The van der Waals surface area contributed by atoms with Gasteiger partial charge >= 0.3 is 0 Å². The molecule has 2 aromatic rings.